The number of pyridine rings is 1. The smallest absolute Gasteiger partial charge is 0.220 e. The normalized spacial score (nSPS) is 11.3. The number of amides is 1. The number of hydrogen-bond acceptors (Lipinski definition) is 3. The number of rotatable bonds is 7. The highest BCUT2D eigenvalue weighted by Crippen LogP contribution is 2.11. The van der Waals surface area contributed by atoms with Gasteiger partial charge < -0.3 is 10.6 Å². The first-order valence-electron chi connectivity index (χ1n) is 6.34. The molecule has 0 saturated heterocycles. The maximum atomic E-state index is 11.7. The van der Waals surface area contributed by atoms with Gasteiger partial charge in [-0.1, -0.05) is 13.8 Å². The molecular weight excluding hydrogens is 226 g/mol. The van der Waals surface area contributed by atoms with Gasteiger partial charge in [-0.25, -0.2) is 0 Å². The predicted molar refractivity (Wildman–Crippen MR) is 73.3 cm³/mol. The fraction of sp³-hybridized carbons (Fsp3) is 0.571. The number of aryl methyl sites for hydroxylation is 1. The Bertz CT molecular complexity index is 363. The second kappa shape index (κ2) is 7.11. The van der Waals surface area contributed by atoms with Crippen LogP contribution >= 0.6 is 0 Å². The van der Waals surface area contributed by atoms with Crippen molar-refractivity contribution in [3.63, 3.8) is 0 Å². The Labute approximate surface area is 109 Å². The first-order chi connectivity index (χ1) is 8.53. The zero-order chi connectivity index (χ0) is 13.4. The summed E-state index contributed by atoms with van der Waals surface area (Å²) in [5.41, 5.74) is 1.23. The summed E-state index contributed by atoms with van der Waals surface area (Å²) in [6.07, 6.45) is 4.80. The van der Waals surface area contributed by atoms with Crippen molar-refractivity contribution in [2.24, 2.45) is 5.41 Å². The average molecular weight is 249 g/mol. The van der Waals surface area contributed by atoms with Crippen LogP contribution in [0.15, 0.2) is 24.5 Å². The van der Waals surface area contributed by atoms with E-state index in [1.54, 1.807) is 12.4 Å². The zero-order valence-electron chi connectivity index (χ0n) is 11.5. The Morgan fingerprint density at radius 3 is 2.56 bits per heavy atom. The molecule has 4 heteroatoms. The van der Waals surface area contributed by atoms with Gasteiger partial charge in [0, 0.05) is 31.9 Å². The Balaban J connectivity index is 2.26. The summed E-state index contributed by atoms with van der Waals surface area (Å²) in [6, 6.07) is 3.89. The third-order valence-electron chi connectivity index (χ3n) is 2.81. The second-order valence-electron chi connectivity index (χ2n) is 5.33. The van der Waals surface area contributed by atoms with E-state index in [1.165, 1.54) is 0 Å². The molecule has 0 aliphatic rings. The SMILES string of the molecule is CNCC(C)(C)CNC(=O)CCc1ccncc1. The summed E-state index contributed by atoms with van der Waals surface area (Å²) >= 11 is 0. The van der Waals surface area contributed by atoms with Crippen molar-refractivity contribution in [1.82, 2.24) is 15.6 Å². The van der Waals surface area contributed by atoms with Crippen LogP contribution in [-0.4, -0.2) is 31.0 Å². The van der Waals surface area contributed by atoms with Gasteiger partial charge in [-0.3, -0.25) is 9.78 Å². The van der Waals surface area contributed by atoms with E-state index in [1.807, 2.05) is 19.2 Å². The van der Waals surface area contributed by atoms with Gasteiger partial charge in [-0.05, 0) is 36.6 Å². The fourth-order valence-corrected chi connectivity index (χ4v) is 1.77. The van der Waals surface area contributed by atoms with E-state index in [2.05, 4.69) is 29.5 Å². The van der Waals surface area contributed by atoms with E-state index in [0.717, 1.165) is 18.5 Å². The lowest BCUT2D eigenvalue weighted by Gasteiger charge is -2.24. The van der Waals surface area contributed by atoms with Crippen LogP contribution in [0.3, 0.4) is 0 Å². The third kappa shape index (κ3) is 5.77. The predicted octanol–water partition coefficient (Wildman–Crippen LogP) is 1.38. The van der Waals surface area contributed by atoms with Crippen molar-refractivity contribution in [1.29, 1.82) is 0 Å². The van der Waals surface area contributed by atoms with E-state index in [-0.39, 0.29) is 11.3 Å². The summed E-state index contributed by atoms with van der Waals surface area (Å²) in [5, 5.41) is 6.11. The molecule has 1 aromatic rings. The van der Waals surface area contributed by atoms with Crippen molar-refractivity contribution in [3.8, 4) is 0 Å². The third-order valence-corrected chi connectivity index (χ3v) is 2.81. The topological polar surface area (TPSA) is 54.0 Å². The van der Waals surface area contributed by atoms with Crippen molar-refractivity contribution >= 4 is 5.91 Å². The minimum Gasteiger partial charge on any atom is -0.356 e. The van der Waals surface area contributed by atoms with E-state index in [0.29, 0.717) is 13.0 Å². The Morgan fingerprint density at radius 2 is 1.94 bits per heavy atom. The molecule has 1 aromatic heterocycles. The van der Waals surface area contributed by atoms with E-state index in [4.69, 9.17) is 0 Å². The summed E-state index contributed by atoms with van der Waals surface area (Å²) in [5.74, 6) is 0.107. The molecule has 1 rings (SSSR count). The van der Waals surface area contributed by atoms with Crippen molar-refractivity contribution in [3.05, 3.63) is 30.1 Å². The largest absolute Gasteiger partial charge is 0.356 e. The first-order valence-corrected chi connectivity index (χ1v) is 6.34. The van der Waals surface area contributed by atoms with Crippen LogP contribution in [0.2, 0.25) is 0 Å². The number of nitrogens with one attached hydrogen (secondary N) is 2. The highest BCUT2D eigenvalue weighted by molar-refractivity contribution is 5.76. The molecule has 1 heterocycles. The van der Waals surface area contributed by atoms with Crippen LogP contribution < -0.4 is 10.6 Å². The molecule has 0 saturated carbocycles. The Kier molecular flexibility index (Phi) is 5.78. The van der Waals surface area contributed by atoms with Crippen LogP contribution in [0.5, 0.6) is 0 Å². The van der Waals surface area contributed by atoms with E-state index >= 15 is 0 Å². The lowest BCUT2D eigenvalue weighted by Crippen LogP contribution is -2.39. The van der Waals surface area contributed by atoms with Crippen LogP contribution in [0.1, 0.15) is 25.8 Å². The molecule has 0 aromatic carbocycles. The van der Waals surface area contributed by atoms with Gasteiger partial charge in [0.05, 0.1) is 0 Å². The number of hydrogen-bond donors (Lipinski definition) is 2. The maximum Gasteiger partial charge on any atom is 0.220 e. The average Bonchev–Trinajstić information content (AvgIpc) is 2.35. The van der Waals surface area contributed by atoms with E-state index < -0.39 is 0 Å². The molecule has 0 aliphatic carbocycles. The number of carbonyl (C=O) groups excluding carboxylic acids is 1. The van der Waals surface area contributed by atoms with E-state index in [9.17, 15) is 4.79 Å². The lowest BCUT2D eigenvalue weighted by molar-refractivity contribution is -0.121. The second-order valence-corrected chi connectivity index (χ2v) is 5.33. The van der Waals surface area contributed by atoms with Crippen LogP contribution in [0.4, 0.5) is 0 Å². The molecule has 4 nitrogen and oxygen atoms in total. The molecule has 0 unspecified atom stereocenters. The Hall–Kier alpha value is -1.42. The van der Waals surface area contributed by atoms with Gasteiger partial charge in [-0.15, -0.1) is 0 Å². The maximum absolute atomic E-state index is 11.7. The standard InChI is InChI=1S/C14H23N3O/c1-14(2,10-15-3)11-17-13(18)5-4-12-6-8-16-9-7-12/h6-9,15H,4-5,10-11H2,1-3H3,(H,17,18). The fourth-order valence-electron chi connectivity index (χ4n) is 1.77. The summed E-state index contributed by atoms with van der Waals surface area (Å²) in [4.78, 5) is 15.7. The van der Waals surface area contributed by atoms with Gasteiger partial charge in [0.15, 0.2) is 0 Å². The Morgan fingerprint density at radius 1 is 1.28 bits per heavy atom. The summed E-state index contributed by atoms with van der Waals surface area (Å²) in [6.45, 7) is 5.85. The highest BCUT2D eigenvalue weighted by Gasteiger charge is 2.17. The molecule has 0 radical (unpaired) electrons. The van der Waals surface area contributed by atoms with Gasteiger partial charge in [0.25, 0.3) is 0 Å². The molecule has 0 fully saturated rings. The lowest BCUT2D eigenvalue weighted by atomic mass is 9.93. The first kappa shape index (κ1) is 14.6. The monoisotopic (exact) mass is 249 g/mol. The number of carbonyl (C=O) groups is 1. The molecular formula is C14H23N3O. The molecule has 0 bridgehead atoms. The number of aromatic nitrogens is 1. The molecule has 0 spiro atoms. The van der Waals surface area contributed by atoms with Gasteiger partial charge in [-0.2, -0.15) is 0 Å². The quantitative estimate of drug-likeness (QED) is 0.767. The molecule has 18 heavy (non-hydrogen) atoms. The molecule has 2 N–H and O–H groups in total. The van der Waals surface area contributed by atoms with Gasteiger partial charge in [0.1, 0.15) is 0 Å². The minimum atomic E-state index is 0.0844. The molecule has 0 aliphatic heterocycles. The molecule has 0 atom stereocenters. The minimum absolute atomic E-state index is 0.0844. The summed E-state index contributed by atoms with van der Waals surface area (Å²) < 4.78 is 0. The van der Waals surface area contributed by atoms with Crippen LogP contribution in [0.25, 0.3) is 0 Å². The van der Waals surface area contributed by atoms with Crippen molar-refractivity contribution < 1.29 is 4.79 Å². The van der Waals surface area contributed by atoms with Crippen molar-refractivity contribution in [2.45, 2.75) is 26.7 Å². The zero-order valence-corrected chi connectivity index (χ0v) is 11.5. The van der Waals surface area contributed by atoms with Gasteiger partial charge in [0.2, 0.25) is 5.91 Å². The van der Waals surface area contributed by atoms with Gasteiger partial charge >= 0.3 is 0 Å². The molecule has 1 amide bonds. The highest BCUT2D eigenvalue weighted by atomic mass is 16.1. The molecule has 100 valence electrons. The number of nitrogens with zero attached hydrogens (tertiary/aromatic N) is 1. The van der Waals surface area contributed by atoms with Crippen LogP contribution in [0, 0.1) is 5.41 Å². The summed E-state index contributed by atoms with van der Waals surface area (Å²) in [7, 11) is 1.92. The van der Waals surface area contributed by atoms with Crippen molar-refractivity contribution in [2.75, 3.05) is 20.1 Å². The van der Waals surface area contributed by atoms with Crippen LogP contribution in [-0.2, 0) is 11.2 Å².